The summed E-state index contributed by atoms with van der Waals surface area (Å²) < 4.78 is 15.1. The van der Waals surface area contributed by atoms with Crippen molar-refractivity contribution in [2.24, 2.45) is 0 Å². The van der Waals surface area contributed by atoms with Gasteiger partial charge in [0.1, 0.15) is 12.7 Å². The number of unbranched alkanes of at least 4 members (excludes halogenated alkanes) is 8. The van der Waals surface area contributed by atoms with Crippen LogP contribution in [0.15, 0.2) is 0 Å². The summed E-state index contributed by atoms with van der Waals surface area (Å²) in [7, 11) is 0. The summed E-state index contributed by atoms with van der Waals surface area (Å²) in [5.74, 6) is -0.218. The van der Waals surface area contributed by atoms with Gasteiger partial charge in [-0.3, -0.25) is 9.32 Å². The van der Waals surface area contributed by atoms with Crippen LogP contribution in [0.25, 0.3) is 0 Å². The quantitative estimate of drug-likeness (QED) is 0.324. The molecule has 22 heavy (non-hydrogen) atoms. The third kappa shape index (κ3) is 9.90. The van der Waals surface area contributed by atoms with Gasteiger partial charge >= 0.3 is 12.7 Å². The molecule has 0 aromatic rings. The molecule has 130 valence electrons. The van der Waals surface area contributed by atoms with Crippen molar-refractivity contribution in [2.75, 3.05) is 13.2 Å². The molecule has 0 aliphatic carbocycles. The number of ether oxygens (including phenoxy) is 1. The summed E-state index contributed by atoms with van der Waals surface area (Å²) in [6.07, 6.45) is 11.0. The van der Waals surface area contributed by atoms with Crippen molar-refractivity contribution < 1.29 is 23.5 Å². The highest BCUT2D eigenvalue weighted by Gasteiger charge is 2.31. The fourth-order valence-electron chi connectivity index (χ4n) is 2.34. The number of hydrogen-bond donors (Lipinski definition) is 1. The maximum absolute atomic E-state index is 11.6. The van der Waals surface area contributed by atoms with Gasteiger partial charge in [0, 0.05) is 6.42 Å². The van der Waals surface area contributed by atoms with Crippen molar-refractivity contribution in [1.29, 1.82) is 0 Å². The Balaban J connectivity index is 1.88. The van der Waals surface area contributed by atoms with E-state index in [-0.39, 0.29) is 19.2 Å². The molecule has 1 heterocycles. The van der Waals surface area contributed by atoms with Gasteiger partial charge < -0.3 is 14.2 Å². The molecule has 0 radical (unpaired) electrons. The van der Waals surface area contributed by atoms with E-state index in [1.807, 2.05) is 0 Å². The highest BCUT2D eigenvalue weighted by Crippen LogP contribution is 2.49. The van der Waals surface area contributed by atoms with Gasteiger partial charge in [0.05, 0.1) is 6.61 Å². The zero-order valence-electron chi connectivity index (χ0n) is 13.5. The number of carbonyl (C=O) groups excluding carboxylic acids is 1. The van der Waals surface area contributed by atoms with Gasteiger partial charge in [-0.1, -0.05) is 58.3 Å². The fourth-order valence-corrected chi connectivity index (χ4v) is 3.80. The maximum atomic E-state index is 11.6. The summed E-state index contributed by atoms with van der Waals surface area (Å²) in [5, 5.41) is 0. The molecule has 0 bridgehead atoms. The Kier molecular flexibility index (Phi) is 10.5. The molecule has 2 unspecified atom stereocenters. The summed E-state index contributed by atoms with van der Waals surface area (Å²) in [6.45, 7) is -0.536. The number of carbonyl (C=O) groups is 1. The zero-order chi connectivity index (χ0) is 16.3. The molecule has 0 aromatic carbocycles. The van der Waals surface area contributed by atoms with E-state index in [0.29, 0.717) is 6.42 Å². The molecule has 0 amide bonds. The van der Waals surface area contributed by atoms with Crippen molar-refractivity contribution >= 4 is 24.5 Å². The van der Waals surface area contributed by atoms with Gasteiger partial charge in [-0.05, 0) is 18.2 Å². The number of hydrogen-bond acceptors (Lipinski definition) is 5. The minimum absolute atomic E-state index is 0.106. The molecule has 1 fully saturated rings. The van der Waals surface area contributed by atoms with Crippen molar-refractivity contribution in [3.63, 3.8) is 0 Å². The lowest BCUT2D eigenvalue weighted by Crippen LogP contribution is -2.20. The Morgan fingerprint density at radius 3 is 2.32 bits per heavy atom. The Hall–Kier alpha value is -0.0000000000000000763. The smallest absolute Gasteiger partial charge is 0.325 e. The molecule has 1 aliphatic rings. The second kappa shape index (κ2) is 11.5. The lowest BCUT2D eigenvalue weighted by Gasteiger charge is -2.09. The van der Waals surface area contributed by atoms with Crippen LogP contribution < -0.4 is 0 Å². The van der Waals surface area contributed by atoms with E-state index in [1.165, 1.54) is 44.9 Å². The summed E-state index contributed by atoms with van der Waals surface area (Å²) in [5.41, 5.74) is 0. The van der Waals surface area contributed by atoms with E-state index in [9.17, 15) is 9.69 Å². The molecule has 0 aromatic heterocycles. The predicted octanol–water partition coefficient (Wildman–Crippen LogP) is 4.08. The average molecular weight is 352 g/mol. The predicted molar refractivity (Wildman–Crippen MR) is 90.1 cm³/mol. The first-order valence-corrected chi connectivity index (χ1v) is 10.9. The molecule has 1 saturated heterocycles. The summed E-state index contributed by atoms with van der Waals surface area (Å²) in [6, 6.07) is 0. The van der Waals surface area contributed by atoms with Gasteiger partial charge in [-0.15, -0.1) is 0 Å². The van der Waals surface area contributed by atoms with Crippen LogP contribution in [0.3, 0.4) is 0 Å². The Morgan fingerprint density at radius 1 is 1.18 bits per heavy atom. The van der Waals surface area contributed by atoms with Gasteiger partial charge in [-0.25, -0.2) is 0 Å². The lowest BCUT2D eigenvalue weighted by atomic mass is 10.1. The van der Waals surface area contributed by atoms with Crippen LogP contribution in [-0.2, 0) is 30.4 Å². The first kappa shape index (κ1) is 20.0. The molecule has 0 spiro atoms. The van der Waals surface area contributed by atoms with E-state index >= 15 is 0 Å². The standard InChI is InChI=1S/C15H29O5PS/c1-2-3-4-5-6-7-8-9-10-11-15(16)18-12-14-13-19-21(17,22)20-14/h14H,2-13H2,1H3,(H,17,22). The highest BCUT2D eigenvalue weighted by molar-refractivity contribution is 8.07. The molecule has 1 rings (SSSR count). The lowest BCUT2D eigenvalue weighted by molar-refractivity contribution is -0.146. The molecular weight excluding hydrogens is 323 g/mol. The SMILES string of the molecule is CCCCCCCCCCCC(=O)OCC1COP(O)(=S)O1. The van der Waals surface area contributed by atoms with E-state index in [0.717, 1.165) is 12.8 Å². The molecule has 7 heteroatoms. The third-order valence-corrected chi connectivity index (χ3v) is 5.23. The van der Waals surface area contributed by atoms with Gasteiger partial charge in [-0.2, -0.15) is 0 Å². The summed E-state index contributed by atoms with van der Waals surface area (Å²) in [4.78, 5) is 20.9. The normalized spacial score (nSPS) is 24.5. The van der Waals surface area contributed by atoms with Crippen LogP contribution >= 0.6 is 6.72 Å². The van der Waals surface area contributed by atoms with E-state index in [1.54, 1.807) is 0 Å². The van der Waals surface area contributed by atoms with E-state index in [2.05, 4.69) is 6.92 Å². The van der Waals surface area contributed by atoms with Gasteiger partial charge in [0.2, 0.25) is 0 Å². The van der Waals surface area contributed by atoms with Crippen molar-refractivity contribution in [3.8, 4) is 0 Å². The van der Waals surface area contributed by atoms with Crippen molar-refractivity contribution in [2.45, 2.75) is 77.2 Å². The first-order valence-electron chi connectivity index (χ1n) is 8.35. The number of rotatable bonds is 12. The molecule has 1 N–H and O–H groups in total. The number of esters is 1. The second-order valence-corrected chi connectivity index (χ2v) is 8.54. The molecule has 1 aliphatic heterocycles. The van der Waals surface area contributed by atoms with Gasteiger partial charge in [0.25, 0.3) is 0 Å². The molecular formula is C15H29O5PS. The highest BCUT2D eigenvalue weighted by atomic mass is 32.5. The Bertz CT molecular complexity index is 364. The van der Waals surface area contributed by atoms with Crippen LogP contribution in [0.1, 0.15) is 71.1 Å². The first-order chi connectivity index (χ1) is 10.5. The minimum Gasteiger partial charge on any atom is -0.463 e. The second-order valence-electron chi connectivity index (χ2n) is 5.75. The van der Waals surface area contributed by atoms with Crippen LogP contribution in [0, 0.1) is 0 Å². The van der Waals surface area contributed by atoms with E-state index < -0.39 is 12.8 Å². The Morgan fingerprint density at radius 2 is 1.77 bits per heavy atom. The van der Waals surface area contributed by atoms with Crippen molar-refractivity contribution in [1.82, 2.24) is 0 Å². The topological polar surface area (TPSA) is 65.0 Å². The summed E-state index contributed by atoms with van der Waals surface area (Å²) >= 11 is 4.69. The van der Waals surface area contributed by atoms with Crippen LogP contribution in [0.4, 0.5) is 0 Å². The monoisotopic (exact) mass is 352 g/mol. The van der Waals surface area contributed by atoms with Crippen LogP contribution in [0.5, 0.6) is 0 Å². The molecule has 5 nitrogen and oxygen atoms in total. The van der Waals surface area contributed by atoms with Crippen molar-refractivity contribution in [3.05, 3.63) is 0 Å². The third-order valence-electron chi connectivity index (χ3n) is 3.62. The van der Waals surface area contributed by atoms with Gasteiger partial charge in [0.15, 0.2) is 0 Å². The average Bonchev–Trinajstić information content (AvgIpc) is 2.83. The Labute approximate surface area is 139 Å². The van der Waals surface area contributed by atoms with E-state index in [4.69, 9.17) is 25.6 Å². The fraction of sp³-hybridized carbons (Fsp3) is 0.933. The largest absolute Gasteiger partial charge is 0.463 e. The molecule has 0 saturated carbocycles. The maximum Gasteiger partial charge on any atom is 0.325 e. The minimum atomic E-state index is -3.06. The molecule has 2 atom stereocenters. The van der Waals surface area contributed by atoms with Crippen LogP contribution in [-0.4, -0.2) is 30.2 Å². The zero-order valence-corrected chi connectivity index (χ0v) is 15.2. The van der Waals surface area contributed by atoms with Crippen LogP contribution in [0.2, 0.25) is 0 Å².